The van der Waals surface area contributed by atoms with Crippen LogP contribution in [0.1, 0.15) is 29.5 Å². The van der Waals surface area contributed by atoms with Gasteiger partial charge in [-0.1, -0.05) is 48.0 Å². The number of anilines is 1. The van der Waals surface area contributed by atoms with Gasteiger partial charge < -0.3 is 5.32 Å². The fraction of sp³-hybridized carbons (Fsp3) is 0.381. The maximum Gasteiger partial charge on any atom is 0.108 e. The first-order valence-electron chi connectivity index (χ1n) is 8.90. The van der Waals surface area contributed by atoms with Gasteiger partial charge in [0.15, 0.2) is 0 Å². The van der Waals surface area contributed by atoms with Gasteiger partial charge in [0, 0.05) is 16.1 Å². The highest BCUT2D eigenvalue weighted by molar-refractivity contribution is 7.99. The minimum atomic E-state index is 0.163. The van der Waals surface area contributed by atoms with Crippen molar-refractivity contribution in [2.75, 3.05) is 16.8 Å². The highest BCUT2D eigenvalue weighted by Crippen LogP contribution is 2.44. The van der Waals surface area contributed by atoms with Crippen molar-refractivity contribution in [3.05, 3.63) is 64.2 Å². The Bertz CT molecular complexity index is 809. The van der Waals surface area contributed by atoms with Gasteiger partial charge in [0.05, 0.1) is 6.54 Å². The van der Waals surface area contributed by atoms with Gasteiger partial charge in [0.1, 0.15) is 5.84 Å². The lowest BCUT2D eigenvalue weighted by Gasteiger charge is -2.42. The molecule has 1 N–H and O–H groups in total. The van der Waals surface area contributed by atoms with E-state index in [4.69, 9.17) is 16.6 Å². The van der Waals surface area contributed by atoms with Crippen LogP contribution in [0, 0.1) is 12.3 Å². The van der Waals surface area contributed by atoms with E-state index in [-0.39, 0.29) is 5.41 Å². The number of hydrogen-bond donors (Lipinski definition) is 1. The average Bonchev–Trinajstić information content (AvgIpc) is 2.64. The maximum atomic E-state index is 6.48. The third-order valence-corrected chi connectivity index (χ3v) is 6.96. The molecule has 0 atom stereocenters. The van der Waals surface area contributed by atoms with E-state index in [0.717, 1.165) is 28.4 Å². The average molecular weight is 371 g/mol. The van der Waals surface area contributed by atoms with Crippen molar-refractivity contribution in [2.24, 2.45) is 10.4 Å². The fourth-order valence-corrected chi connectivity index (χ4v) is 5.34. The smallest absolute Gasteiger partial charge is 0.108 e. The van der Waals surface area contributed by atoms with Gasteiger partial charge in [-0.2, -0.15) is 11.8 Å². The number of nitrogens with zero attached hydrogens (tertiary/aromatic N) is 1. The number of benzene rings is 2. The Morgan fingerprint density at radius 3 is 2.76 bits per heavy atom. The van der Waals surface area contributed by atoms with Crippen molar-refractivity contribution < 1.29 is 0 Å². The van der Waals surface area contributed by atoms with Gasteiger partial charge in [-0.3, -0.25) is 4.99 Å². The molecule has 2 aliphatic rings. The third kappa shape index (κ3) is 3.32. The van der Waals surface area contributed by atoms with Crippen LogP contribution in [0.25, 0.3) is 0 Å². The summed E-state index contributed by atoms with van der Waals surface area (Å²) in [6, 6.07) is 14.8. The number of rotatable bonds is 2. The van der Waals surface area contributed by atoms with Crippen molar-refractivity contribution >= 4 is 34.9 Å². The highest BCUT2D eigenvalue weighted by Gasteiger charge is 2.41. The van der Waals surface area contributed by atoms with E-state index in [9.17, 15) is 0 Å². The largest absolute Gasteiger partial charge is 0.343 e. The number of aryl methyl sites for hydroxylation is 1. The molecule has 0 unspecified atom stereocenters. The lowest BCUT2D eigenvalue weighted by atomic mass is 9.73. The minimum Gasteiger partial charge on any atom is -0.343 e. The first kappa shape index (κ1) is 17.0. The molecule has 0 aromatic heterocycles. The van der Waals surface area contributed by atoms with Crippen molar-refractivity contribution in [3.8, 4) is 0 Å². The molecule has 4 heteroatoms. The Morgan fingerprint density at radius 2 is 1.92 bits per heavy atom. The molecule has 130 valence electrons. The second-order valence-electron chi connectivity index (χ2n) is 7.06. The quantitative estimate of drug-likeness (QED) is 0.730. The number of hydrogen-bond acceptors (Lipinski definition) is 2. The summed E-state index contributed by atoms with van der Waals surface area (Å²) in [7, 11) is 0. The molecule has 0 amide bonds. The lowest BCUT2D eigenvalue weighted by Crippen LogP contribution is -2.44. The summed E-state index contributed by atoms with van der Waals surface area (Å²) in [5.41, 5.74) is 5.01. The summed E-state index contributed by atoms with van der Waals surface area (Å²) in [6.07, 6.45) is 3.48. The zero-order chi connectivity index (χ0) is 17.3. The maximum absolute atomic E-state index is 6.48. The molecule has 2 aliphatic heterocycles. The van der Waals surface area contributed by atoms with E-state index in [1.165, 1.54) is 35.6 Å². The molecular formula is C21H23ClN2S. The zero-order valence-corrected chi connectivity index (χ0v) is 16.1. The molecule has 0 aliphatic carbocycles. The van der Waals surface area contributed by atoms with E-state index in [1.807, 2.05) is 13.0 Å². The topological polar surface area (TPSA) is 24.4 Å². The Morgan fingerprint density at radius 1 is 1.12 bits per heavy atom. The van der Waals surface area contributed by atoms with Crippen molar-refractivity contribution in [1.82, 2.24) is 0 Å². The van der Waals surface area contributed by atoms with E-state index < -0.39 is 0 Å². The Balaban J connectivity index is 1.68. The molecule has 2 aromatic carbocycles. The second kappa shape index (κ2) is 7.05. The van der Waals surface area contributed by atoms with Gasteiger partial charge in [0.2, 0.25) is 0 Å². The molecule has 0 radical (unpaired) electrons. The number of para-hydroxylation sites is 1. The molecule has 1 saturated heterocycles. The first-order valence-corrected chi connectivity index (χ1v) is 10.4. The predicted molar refractivity (Wildman–Crippen MR) is 110 cm³/mol. The molecule has 4 rings (SSSR count). The van der Waals surface area contributed by atoms with Gasteiger partial charge in [-0.05, 0) is 60.4 Å². The number of nitrogens with one attached hydrogen (secondary N) is 1. The molecule has 0 bridgehead atoms. The summed E-state index contributed by atoms with van der Waals surface area (Å²) in [5, 5.41) is 4.50. The van der Waals surface area contributed by atoms with E-state index in [0.29, 0.717) is 6.54 Å². The Labute approximate surface area is 159 Å². The van der Waals surface area contributed by atoms with Crippen LogP contribution >= 0.6 is 23.4 Å². The molecule has 25 heavy (non-hydrogen) atoms. The first-order chi connectivity index (χ1) is 12.2. The molecule has 0 saturated carbocycles. The number of amidine groups is 1. The van der Waals surface area contributed by atoms with Crippen LogP contribution in [0.4, 0.5) is 5.69 Å². The Kier molecular flexibility index (Phi) is 4.79. The summed E-state index contributed by atoms with van der Waals surface area (Å²) in [5.74, 6) is 3.59. The summed E-state index contributed by atoms with van der Waals surface area (Å²) in [6.45, 7) is 2.69. The number of aliphatic imine (C=N–C) groups is 1. The number of fused-ring (bicyclic) bond motifs is 1. The Hall–Kier alpha value is -1.45. The van der Waals surface area contributed by atoms with Crippen LogP contribution < -0.4 is 5.32 Å². The lowest BCUT2D eigenvalue weighted by molar-refractivity contribution is 0.377. The third-order valence-electron chi connectivity index (χ3n) is 5.43. The van der Waals surface area contributed by atoms with Gasteiger partial charge in [-0.15, -0.1) is 0 Å². The number of halogens is 1. The molecule has 2 heterocycles. The van der Waals surface area contributed by atoms with Crippen molar-refractivity contribution in [1.29, 1.82) is 0 Å². The van der Waals surface area contributed by atoms with E-state index >= 15 is 0 Å². The summed E-state index contributed by atoms with van der Waals surface area (Å²) >= 11 is 8.54. The van der Waals surface area contributed by atoms with Crippen LogP contribution in [0.15, 0.2) is 47.5 Å². The van der Waals surface area contributed by atoms with E-state index in [2.05, 4.69) is 53.5 Å². The fourth-order valence-electron chi connectivity index (χ4n) is 3.88. The molecular weight excluding hydrogens is 348 g/mol. The highest BCUT2D eigenvalue weighted by atomic mass is 35.5. The monoisotopic (exact) mass is 370 g/mol. The zero-order valence-electron chi connectivity index (χ0n) is 14.5. The molecule has 2 nitrogen and oxygen atoms in total. The molecule has 1 spiro atoms. The number of thioether (sulfide) groups is 1. The van der Waals surface area contributed by atoms with Crippen LogP contribution in [0.3, 0.4) is 0 Å². The molecule has 1 fully saturated rings. The van der Waals surface area contributed by atoms with Crippen molar-refractivity contribution in [2.45, 2.75) is 32.7 Å². The van der Waals surface area contributed by atoms with E-state index in [1.54, 1.807) is 0 Å². The van der Waals surface area contributed by atoms with Crippen LogP contribution in [-0.2, 0) is 13.0 Å². The minimum absolute atomic E-state index is 0.163. The second-order valence-corrected chi connectivity index (χ2v) is 8.67. The van der Waals surface area contributed by atoms with Crippen molar-refractivity contribution in [3.63, 3.8) is 0 Å². The van der Waals surface area contributed by atoms with Crippen LogP contribution in [0.5, 0.6) is 0 Å². The van der Waals surface area contributed by atoms with Crippen LogP contribution in [-0.4, -0.2) is 17.3 Å². The SMILES string of the molecule is Cc1cccc(CN=C2Nc3ccccc3CC23CCSCC3)c1Cl. The van der Waals surface area contributed by atoms with Gasteiger partial charge >= 0.3 is 0 Å². The summed E-state index contributed by atoms with van der Waals surface area (Å²) in [4.78, 5) is 5.04. The van der Waals surface area contributed by atoms with Gasteiger partial charge in [-0.25, -0.2) is 0 Å². The van der Waals surface area contributed by atoms with Crippen LogP contribution in [0.2, 0.25) is 5.02 Å². The normalized spacial score (nSPS) is 20.3. The molecule has 2 aromatic rings. The standard InChI is InChI=1S/C21H23ClN2S/c1-15-5-4-7-17(19(15)22)14-23-20-21(9-11-25-12-10-21)13-16-6-2-3-8-18(16)24-20/h2-8H,9-14H2,1H3,(H,23,24). The predicted octanol–water partition coefficient (Wildman–Crippen LogP) is 5.73. The summed E-state index contributed by atoms with van der Waals surface area (Å²) < 4.78 is 0. The van der Waals surface area contributed by atoms with Gasteiger partial charge in [0.25, 0.3) is 0 Å².